The average Bonchev–Trinajstić information content (AvgIpc) is 2.80. The maximum absolute atomic E-state index is 6.24. The summed E-state index contributed by atoms with van der Waals surface area (Å²) in [5.41, 5.74) is 0.119. The Bertz CT molecular complexity index is 406. The van der Waals surface area contributed by atoms with Crippen LogP contribution in [0.3, 0.4) is 0 Å². The number of hydrogen-bond acceptors (Lipinski definition) is 3. The minimum Gasteiger partial charge on any atom is -0.548 e. The van der Waals surface area contributed by atoms with Crippen molar-refractivity contribution >= 4 is 8.32 Å². The van der Waals surface area contributed by atoms with E-state index in [0.717, 1.165) is 32.5 Å². The summed E-state index contributed by atoms with van der Waals surface area (Å²) in [6, 6.07) is 0. The molecule has 0 amide bonds. The predicted octanol–water partition coefficient (Wildman–Crippen LogP) is 4.07. The minimum atomic E-state index is -1.50. The molecule has 0 N–H and O–H groups in total. The molecule has 0 radical (unpaired) electrons. The van der Waals surface area contributed by atoms with Crippen LogP contribution in [-0.4, -0.2) is 27.3 Å². The molecule has 0 aromatic carbocycles. The van der Waals surface area contributed by atoms with Gasteiger partial charge in [-0.3, -0.25) is 0 Å². The Hall–Kier alpha value is -0.323. The van der Waals surface area contributed by atoms with Gasteiger partial charge in [0.25, 0.3) is 0 Å². The van der Waals surface area contributed by atoms with E-state index < -0.39 is 8.32 Å². The van der Waals surface area contributed by atoms with E-state index >= 15 is 0 Å². The summed E-state index contributed by atoms with van der Waals surface area (Å²) in [6.45, 7) is 10.6. The van der Waals surface area contributed by atoms with Crippen molar-refractivity contribution in [2.45, 2.75) is 64.5 Å². The molecule has 1 aliphatic heterocycles. The Morgan fingerprint density at radius 2 is 1.95 bits per heavy atom. The molecule has 2 atom stereocenters. The molecule has 1 spiro atoms. The Morgan fingerprint density at radius 3 is 2.60 bits per heavy atom. The SMILES string of the molecule is C[C@@]12CC=C(O[Si](C)(C)C)C[C@H]1CCCC21OCCO1. The van der Waals surface area contributed by atoms with Crippen LogP contribution in [0.25, 0.3) is 0 Å². The number of allylic oxidation sites excluding steroid dienone is 2. The summed E-state index contributed by atoms with van der Waals surface area (Å²) < 4.78 is 18.5. The van der Waals surface area contributed by atoms with Crippen molar-refractivity contribution in [2.24, 2.45) is 11.3 Å². The Balaban J connectivity index is 1.83. The molecule has 1 saturated carbocycles. The first-order valence-electron chi connectivity index (χ1n) is 8.01. The first kappa shape index (κ1) is 14.6. The summed E-state index contributed by atoms with van der Waals surface area (Å²) in [4.78, 5) is 0. The van der Waals surface area contributed by atoms with Gasteiger partial charge in [0.1, 0.15) is 0 Å². The quantitative estimate of drug-likeness (QED) is 0.719. The third kappa shape index (κ3) is 2.36. The zero-order chi connectivity index (χ0) is 14.4. The number of fused-ring (bicyclic) bond motifs is 2. The van der Waals surface area contributed by atoms with Crippen LogP contribution in [0.15, 0.2) is 11.8 Å². The van der Waals surface area contributed by atoms with Gasteiger partial charge in [0.05, 0.1) is 19.0 Å². The van der Waals surface area contributed by atoms with Crippen LogP contribution in [0.2, 0.25) is 19.6 Å². The molecule has 3 nitrogen and oxygen atoms in total. The molecule has 0 aromatic rings. The van der Waals surface area contributed by atoms with Crippen molar-refractivity contribution in [3.63, 3.8) is 0 Å². The molecule has 2 fully saturated rings. The van der Waals surface area contributed by atoms with E-state index in [1.807, 2.05) is 0 Å². The third-order valence-corrected chi connectivity index (χ3v) is 6.10. The largest absolute Gasteiger partial charge is 0.548 e. The Kier molecular flexibility index (Phi) is 3.54. The van der Waals surface area contributed by atoms with Crippen LogP contribution in [0.1, 0.15) is 39.0 Å². The van der Waals surface area contributed by atoms with Gasteiger partial charge in [-0.2, -0.15) is 0 Å². The van der Waals surface area contributed by atoms with Gasteiger partial charge < -0.3 is 13.9 Å². The molecule has 4 heteroatoms. The summed E-state index contributed by atoms with van der Waals surface area (Å²) in [5.74, 6) is 1.53. The molecule has 3 aliphatic rings. The topological polar surface area (TPSA) is 27.7 Å². The van der Waals surface area contributed by atoms with Crippen LogP contribution in [-0.2, 0) is 13.9 Å². The second-order valence-corrected chi connectivity index (χ2v) is 12.2. The van der Waals surface area contributed by atoms with E-state index in [4.69, 9.17) is 13.9 Å². The van der Waals surface area contributed by atoms with Gasteiger partial charge in [-0.15, -0.1) is 0 Å². The monoisotopic (exact) mass is 296 g/mol. The first-order chi connectivity index (χ1) is 9.35. The summed E-state index contributed by atoms with van der Waals surface area (Å²) in [7, 11) is -1.50. The van der Waals surface area contributed by atoms with Crippen LogP contribution in [0, 0.1) is 11.3 Å². The third-order valence-electron chi connectivity index (χ3n) is 5.22. The number of ether oxygens (including phenoxy) is 2. The lowest BCUT2D eigenvalue weighted by molar-refractivity contribution is -0.269. The molecular weight excluding hydrogens is 268 g/mol. The van der Waals surface area contributed by atoms with Gasteiger partial charge in [-0.1, -0.05) is 6.92 Å². The van der Waals surface area contributed by atoms with E-state index in [9.17, 15) is 0 Å². The fourth-order valence-corrected chi connectivity index (χ4v) is 5.16. The molecular formula is C16H28O3Si. The highest BCUT2D eigenvalue weighted by Crippen LogP contribution is 2.58. The van der Waals surface area contributed by atoms with Gasteiger partial charge in [-0.25, -0.2) is 0 Å². The predicted molar refractivity (Wildman–Crippen MR) is 81.8 cm³/mol. The zero-order valence-corrected chi connectivity index (χ0v) is 14.3. The van der Waals surface area contributed by atoms with Gasteiger partial charge >= 0.3 is 0 Å². The second kappa shape index (κ2) is 4.85. The molecule has 2 aliphatic carbocycles. The minimum absolute atomic E-state index is 0.119. The molecule has 3 rings (SSSR count). The van der Waals surface area contributed by atoms with Crippen molar-refractivity contribution in [3.05, 3.63) is 11.8 Å². The standard InChI is InChI=1S/C16H28O3Si/c1-15-9-7-14(19-20(2,3)4)12-13(15)6-5-8-16(15)17-10-11-18-16/h7,13H,5-6,8-12H2,1-4H3/t13-,15-/m1/s1. The van der Waals surface area contributed by atoms with Gasteiger partial charge in [0.2, 0.25) is 8.32 Å². The van der Waals surface area contributed by atoms with E-state index in [1.165, 1.54) is 18.6 Å². The number of rotatable bonds is 2. The fourth-order valence-electron chi connectivity index (χ4n) is 4.20. The maximum Gasteiger partial charge on any atom is 0.241 e. The van der Waals surface area contributed by atoms with Crippen molar-refractivity contribution in [2.75, 3.05) is 13.2 Å². The first-order valence-corrected chi connectivity index (χ1v) is 11.4. The van der Waals surface area contributed by atoms with Gasteiger partial charge in [0, 0.05) is 18.3 Å². The Labute approximate surface area is 123 Å². The van der Waals surface area contributed by atoms with Gasteiger partial charge in [0.15, 0.2) is 5.79 Å². The van der Waals surface area contributed by atoms with Crippen molar-refractivity contribution in [1.29, 1.82) is 0 Å². The van der Waals surface area contributed by atoms with Crippen molar-refractivity contribution in [1.82, 2.24) is 0 Å². The zero-order valence-electron chi connectivity index (χ0n) is 13.3. The van der Waals surface area contributed by atoms with Gasteiger partial charge in [-0.05, 0) is 50.9 Å². The van der Waals surface area contributed by atoms with Crippen LogP contribution < -0.4 is 0 Å². The molecule has 1 saturated heterocycles. The maximum atomic E-state index is 6.24. The summed E-state index contributed by atoms with van der Waals surface area (Å²) >= 11 is 0. The lowest BCUT2D eigenvalue weighted by Crippen LogP contribution is -2.55. The fraction of sp³-hybridized carbons (Fsp3) is 0.875. The molecule has 0 aromatic heterocycles. The highest BCUT2D eigenvalue weighted by molar-refractivity contribution is 6.70. The smallest absolute Gasteiger partial charge is 0.241 e. The molecule has 1 heterocycles. The molecule has 0 bridgehead atoms. The Morgan fingerprint density at radius 1 is 1.25 bits per heavy atom. The van der Waals surface area contributed by atoms with Crippen LogP contribution in [0.5, 0.6) is 0 Å². The highest BCUT2D eigenvalue weighted by atomic mass is 28.4. The highest BCUT2D eigenvalue weighted by Gasteiger charge is 2.59. The summed E-state index contributed by atoms with van der Waals surface area (Å²) in [6.07, 6.45) is 7.94. The van der Waals surface area contributed by atoms with E-state index in [1.54, 1.807) is 0 Å². The number of hydrogen-bond donors (Lipinski definition) is 0. The molecule has 114 valence electrons. The lowest BCUT2D eigenvalue weighted by Gasteiger charge is -2.54. The lowest BCUT2D eigenvalue weighted by atomic mass is 9.58. The van der Waals surface area contributed by atoms with Crippen LogP contribution >= 0.6 is 0 Å². The van der Waals surface area contributed by atoms with E-state index in [0.29, 0.717) is 5.92 Å². The normalized spacial score (nSPS) is 36.6. The van der Waals surface area contributed by atoms with E-state index in [-0.39, 0.29) is 11.2 Å². The van der Waals surface area contributed by atoms with Crippen molar-refractivity contribution in [3.8, 4) is 0 Å². The van der Waals surface area contributed by atoms with E-state index in [2.05, 4.69) is 32.6 Å². The summed E-state index contributed by atoms with van der Waals surface area (Å²) in [5, 5.41) is 0. The average molecular weight is 296 g/mol. The van der Waals surface area contributed by atoms with Crippen molar-refractivity contribution < 1.29 is 13.9 Å². The second-order valence-electron chi connectivity index (χ2n) is 7.75. The molecule has 20 heavy (non-hydrogen) atoms. The van der Waals surface area contributed by atoms with Crippen LogP contribution in [0.4, 0.5) is 0 Å². The molecule has 0 unspecified atom stereocenters.